The lowest BCUT2D eigenvalue weighted by molar-refractivity contribution is 0.0853. The van der Waals surface area contributed by atoms with E-state index in [1.807, 2.05) is 67.6 Å². The summed E-state index contributed by atoms with van der Waals surface area (Å²) in [7, 11) is 9.57. The van der Waals surface area contributed by atoms with Crippen molar-refractivity contribution in [3.63, 3.8) is 0 Å². The summed E-state index contributed by atoms with van der Waals surface area (Å²) < 4.78 is 45.9. The van der Waals surface area contributed by atoms with E-state index in [1.165, 1.54) is 0 Å². The summed E-state index contributed by atoms with van der Waals surface area (Å²) in [5.41, 5.74) is 5.77. The minimum atomic E-state index is -0.371. The highest BCUT2D eigenvalue weighted by atomic mass is 16.6. The Labute approximate surface area is 328 Å². The maximum atomic E-state index is 12.7. The SMILES string of the molecule is COc1cc(C2NC(=O)c3cc(C)ccc3N2)ccc1OCCCCCCCOc1c(OC)cc(C2=NOC(c3cc(OC)c(OC)c(OC)c3)C2)cc1OC. The molecule has 0 aromatic heterocycles. The number of hydrogen-bond donors (Lipinski definition) is 2. The van der Waals surface area contributed by atoms with Crippen molar-refractivity contribution in [3.05, 3.63) is 88.5 Å². The molecular weight excluding hydrogens is 718 g/mol. The Morgan fingerprint density at radius 3 is 1.88 bits per heavy atom. The van der Waals surface area contributed by atoms with Crippen molar-refractivity contribution in [2.45, 2.75) is 57.7 Å². The lowest BCUT2D eigenvalue weighted by atomic mass is 9.99. The first-order valence-corrected chi connectivity index (χ1v) is 18.7. The van der Waals surface area contributed by atoms with Gasteiger partial charge in [0.15, 0.2) is 40.6 Å². The molecule has 6 rings (SSSR count). The first kappa shape index (κ1) is 39.7. The maximum Gasteiger partial charge on any atom is 0.255 e. The summed E-state index contributed by atoms with van der Waals surface area (Å²) in [6, 6.07) is 19.1. The van der Waals surface area contributed by atoms with E-state index < -0.39 is 0 Å². The van der Waals surface area contributed by atoms with Gasteiger partial charge in [0.1, 0.15) is 6.17 Å². The first-order chi connectivity index (χ1) is 27.3. The molecule has 56 heavy (non-hydrogen) atoms. The second-order valence-electron chi connectivity index (χ2n) is 13.5. The zero-order valence-electron chi connectivity index (χ0n) is 33.1. The second kappa shape index (κ2) is 18.6. The Morgan fingerprint density at radius 2 is 1.23 bits per heavy atom. The monoisotopic (exact) mass is 769 g/mol. The van der Waals surface area contributed by atoms with E-state index in [4.69, 9.17) is 42.7 Å². The minimum Gasteiger partial charge on any atom is -0.493 e. The molecule has 13 nitrogen and oxygen atoms in total. The smallest absolute Gasteiger partial charge is 0.255 e. The molecule has 2 aliphatic rings. The summed E-state index contributed by atoms with van der Waals surface area (Å²) in [6.07, 6.45) is 4.63. The molecule has 2 heterocycles. The number of rotatable bonds is 19. The van der Waals surface area contributed by atoms with Crippen LogP contribution in [0.5, 0.6) is 46.0 Å². The standard InChI is InChI=1S/C43H51N3O10/c1-26-13-15-31-30(19-26)43(47)45-42(44-31)27-14-16-33(35(20-27)48-2)54-17-11-9-8-10-12-18-55-41-38(51-5)21-28(22-39(41)52-6)32-25-34(56-46-32)29-23-36(49-3)40(53-7)37(24-29)50-4/h13-16,19-24,34,42,44H,8-12,17-18,25H2,1-7H3,(H,45,47). The quantitative estimate of drug-likeness (QED) is 0.0894. The average molecular weight is 770 g/mol. The van der Waals surface area contributed by atoms with E-state index in [0.29, 0.717) is 71.2 Å². The third-order valence-electron chi connectivity index (χ3n) is 9.83. The van der Waals surface area contributed by atoms with Crippen molar-refractivity contribution in [2.75, 3.05) is 61.2 Å². The number of carbonyl (C=O) groups is 1. The molecule has 13 heteroatoms. The molecule has 2 aliphatic heterocycles. The molecule has 0 aliphatic carbocycles. The number of aryl methyl sites for hydroxylation is 1. The van der Waals surface area contributed by atoms with Gasteiger partial charge in [-0.3, -0.25) is 4.79 Å². The van der Waals surface area contributed by atoms with Gasteiger partial charge >= 0.3 is 0 Å². The Hall–Kier alpha value is -5.98. The predicted octanol–water partition coefficient (Wildman–Crippen LogP) is 8.17. The molecule has 4 aromatic rings. The van der Waals surface area contributed by atoms with E-state index in [9.17, 15) is 4.79 Å². The molecule has 4 aromatic carbocycles. The van der Waals surface area contributed by atoms with Crippen LogP contribution in [0.2, 0.25) is 0 Å². The zero-order chi connectivity index (χ0) is 39.6. The van der Waals surface area contributed by atoms with E-state index in [0.717, 1.165) is 65.8 Å². The molecule has 1 amide bonds. The molecule has 0 saturated carbocycles. The van der Waals surface area contributed by atoms with Crippen LogP contribution in [0, 0.1) is 6.92 Å². The number of fused-ring (bicyclic) bond motifs is 1. The molecule has 2 atom stereocenters. The number of benzene rings is 4. The van der Waals surface area contributed by atoms with Crippen molar-refractivity contribution >= 4 is 17.3 Å². The topological polar surface area (TPSA) is 137 Å². The van der Waals surface area contributed by atoms with Gasteiger partial charge in [0.2, 0.25) is 11.5 Å². The van der Waals surface area contributed by atoms with E-state index in [1.54, 1.807) is 42.7 Å². The van der Waals surface area contributed by atoms with E-state index in [2.05, 4.69) is 15.8 Å². The van der Waals surface area contributed by atoms with Crippen LogP contribution < -0.4 is 48.5 Å². The molecular formula is C43H51N3O10. The van der Waals surface area contributed by atoms with E-state index in [-0.39, 0.29) is 18.2 Å². The Balaban J connectivity index is 0.942. The molecule has 0 spiro atoms. The van der Waals surface area contributed by atoms with Crippen LogP contribution in [0.15, 0.2) is 65.8 Å². The number of nitrogens with one attached hydrogen (secondary N) is 2. The highest BCUT2D eigenvalue weighted by molar-refractivity contribution is 6.03. The highest BCUT2D eigenvalue weighted by Gasteiger charge is 2.29. The first-order valence-electron chi connectivity index (χ1n) is 18.7. The Kier molecular flexibility index (Phi) is 13.2. The number of nitrogens with zero attached hydrogens (tertiary/aromatic N) is 1. The number of ether oxygens (including phenoxy) is 8. The number of carbonyl (C=O) groups excluding carboxylic acids is 1. The number of amides is 1. The molecule has 2 unspecified atom stereocenters. The fraction of sp³-hybridized carbons (Fsp3) is 0.395. The third-order valence-corrected chi connectivity index (χ3v) is 9.83. The van der Waals surface area contributed by atoms with Crippen molar-refractivity contribution < 1.29 is 47.5 Å². The zero-order valence-corrected chi connectivity index (χ0v) is 33.1. The van der Waals surface area contributed by atoms with Crippen molar-refractivity contribution in [2.24, 2.45) is 5.16 Å². The van der Waals surface area contributed by atoms with Crippen molar-refractivity contribution in [1.29, 1.82) is 0 Å². The van der Waals surface area contributed by atoms with Gasteiger partial charge in [-0.1, -0.05) is 42.1 Å². The van der Waals surface area contributed by atoms with E-state index >= 15 is 0 Å². The van der Waals surface area contributed by atoms with Gasteiger partial charge in [-0.15, -0.1) is 0 Å². The van der Waals surface area contributed by atoms with Crippen LogP contribution in [0.4, 0.5) is 5.69 Å². The summed E-state index contributed by atoms with van der Waals surface area (Å²) >= 11 is 0. The fourth-order valence-corrected chi connectivity index (χ4v) is 6.82. The lowest BCUT2D eigenvalue weighted by Gasteiger charge is -2.28. The molecule has 298 valence electrons. The summed E-state index contributed by atoms with van der Waals surface area (Å²) in [4.78, 5) is 18.6. The van der Waals surface area contributed by atoms with Crippen LogP contribution in [0.3, 0.4) is 0 Å². The van der Waals surface area contributed by atoms with Gasteiger partial charge in [0.05, 0.1) is 67.1 Å². The largest absolute Gasteiger partial charge is 0.493 e. The average Bonchev–Trinajstić information content (AvgIpc) is 3.73. The highest BCUT2D eigenvalue weighted by Crippen LogP contribution is 2.44. The number of oxime groups is 1. The Bertz CT molecular complexity index is 1980. The number of hydrogen-bond acceptors (Lipinski definition) is 12. The van der Waals surface area contributed by atoms with Crippen molar-refractivity contribution in [3.8, 4) is 46.0 Å². The molecule has 0 bridgehead atoms. The van der Waals surface area contributed by atoms with Gasteiger partial charge in [-0.2, -0.15) is 0 Å². The fourth-order valence-electron chi connectivity index (χ4n) is 6.82. The van der Waals surface area contributed by atoms with Gasteiger partial charge in [0.25, 0.3) is 5.91 Å². The van der Waals surface area contributed by atoms with Crippen molar-refractivity contribution in [1.82, 2.24) is 5.32 Å². The predicted molar refractivity (Wildman–Crippen MR) is 213 cm³/mol. The number of methoxy groups -OCH3 is 6. The summed E-state index contributed by atoms with van der Waals surface area (Å²) in [5.74, 6) is 4.45. The lowest BCUT2D eigenvalue weighted by Crippen LogP contribution is -2.38. The minimum absolute atomic E-state index is 0.109. The maximum absolute atomic E-state index is 12.7. The van der Waals surface area contributed by atoms with Gasteiger partial charge < -0.3 is 53.4 Å². The van der Waals surface area contributed by atoms with Crippen LogP contribution in [-0.2, 0) is 4.84 Å². The molecule has 0 radical (unpaired) electrons. The van der Waals surface area contributed by atoms with Crippen LogP contribution in [-0.4, -0.2) is 67.5 Å². The van der Waals surface area contributed by atoms with Crippen LogP contribution >= 0.6 is 0 Å². The molecule has 0 fully saturated rings. The molecule has 2 N–H and O–H groups in total. The molecule has 0 saturated heterocycles. The van der Waals surface area contributed by atoms with Crippen LogP contribution in [0.25, 0.3) is 0 Å². The number of unbranched alkanes of at least 4 members (excludes halogenated alkanes) is 4. The second-order valence-corrected chi connectivity index (χ2v) is 13.5. The normalized spacial score (nSPS) is 15.7. The van der Waals surface area contributed by atoms with Gasteiger partial charge in [-0.25, -0.2) is 0 Å². The van der Waals surface area contributed by atoms with Crippen LogP contribution in [0.1, 0.15) is 83.4 Å². The summed E-state index contributed by atoms with van der Waals surface area (Å²) in [6.45, 7) is 3.05. The van der Waals surface area contributed by atoms with Gasteiger partial charge in [-0.05, 0) is 73.9 Å². The number of anilines is 1. The Morgan fingerprint density at radius 1 is 0.625 bits per heavy atom. The third kappa shape index (κ3) is 8.93. The van der Waals surface area contributed by atoms with Gasteiger partial charge in [0, 0.05) is 23.2 Å². The summed E-state index contributed by atoms with van der Waals surface area (Å²) in [5, 5.41) is 10.8.